The molecule has 1 aromatic heterocycles. The van der Waals surface area contributed by atoms with E-state index in [0.717, 1.165) is 29.8 Å². The Morgan fingerprint density at radius 3 is 2.38 bits per heavy atom. The minimum atomic E-state index is 0.245. The fraction of sp³-hybridized carbons (Fsp3) is 0.571. The van der Waals surface area contributed by atoms with Gasteiger partial charge >= 0.3 is 0 Å². The molecule has 1 heterocycles. The maximum absolute atomic E-state index is 12.0. The molecular weight excluding hydrogens is 198 g/mol. The molecule has 0 amide bonds. The van der Waals surface area contributed by atoms with Gasteiger partial charge < -0.3 is 0 Å². The second-order valence-electron chi connectivity index (χ2n) is 4.66. The highest BCUT2D eigenvalue weighted by atomic mass is 16.1. The van der Waals surface area contributed by atoms with Crippen LogP contribution in [-0.2, 0) is 0 Å². The number of pyridine rings is 1. The van der Waals surface area contributed by atoms with Gasteiger partial charge in [-0.05, 0) is 31.9 Å². The zero-order valence-corrected chi connectivity index (χ0v) is 10.7. The Balaban J connectivity index is 2.72. The van der Waals surface area contributed by atoms with E-state index in [1.807, 2.05) is 26.0 Å². The fourth-order valence-corrected chi connectivity index (χ4v) is 2.02. The molecular formula is C14H21NO. The van der Waals surface area contributed by atoms with Crippen molar-refractivity contribution in [3.8, 4) is 0 Å². The molecule has 0 aliphatic heterocycles. The van der Waals surface area contributed by atoms with Crippen molar-refractivity contribution in [1.29, 1.82) is 0 Å². The largest absolute Gasteiger partial charge is 0.294 e. The Kier molecular flexibility index (Phi) is 4.66. The Hall–Kier alpha value is -1.18. The van der Waals surface area contributed by atoms with Crippen LogP contribution in [0.4, 0.5) is 0 Å². The number of ketones is 1. The summed E-state index contributed by atoms with van der Waals surface area (Å²) in [6, 6.07) is 3.77. The average Bonchev–Trinajstić information content (AvgIpc) is 2.16. The molecule has 0 aliphatic rings. The summed E-state index contributed by atoms with van der Waals surface area (Å²) >= 11 is 0. The van der Waals surface area contributed by atoms with Gasteiger partial charge in [-0.25, -0.2) is 0 Å². The zero-order chi connectivity index (χ0) is 12.1. The topological polar surface area (TPSA) is 30.0 Å². The van der Waals surface area contributed by atoms with Gasteiger partial charge in [0.25, 0.3) is 0 Å². The summed E-state index contributed by atoms with van der Waals surface area (Å²) in [5.74, 6) is 0.723. The summed E-state index contributed by atoms with van der Waals surface area (Å²) in [4.78, 5) is 16.3. The number of hydrogen-bond donors (Lipinski definition) is 0. The predicted molar refractivity (Wildman–Crippen MR) is 66.7 cm³/mol. The van der Waals surface area contributed by atoms with Gasteiger partial charge in [-0.3, -0.25) is 9.78 Å². The number of rotatable bonds is 5. The van der Waals surface area contributed by atoms with Crippen LogP contribution in [0.2, 0.25) is 0 Å². The molecule has 0 spiro atoms. The van der Waals surface area contributed by atoms with Crippen LogP contribution in [0, 0.1) is 19.8 Å². The highest BCUT2D eigenvalue weighted by molar-refractivity contribution is 5.96. The Morgan fingerprint density at radius 2 is 1.88 bits per heavy atom. The Bertz CT molecular complexity index is 351. The molecule has 0 fully saturated rings. The maximum atomic E-state index is 12.0. The molecule has 0 radical (unpaired) electrons. The molecule has 0 saturated heterocycles. The molecule has 0 bridgehead atoms. The second-order valence-corrected chi connectivity index (χ2v) is 4.66. The minimum Gasteiger partial charge on any atom is -0.294 e. The van der Waals surface area contributed by atoms with E-state index in [0.29, 0.717) is 12.3 Å². The smallest absolute Gasteiger partial charge is 0.163 e. The lowest BCUT2D eigenvalue weighted by Gasteiger charge is -2.09. The van der Waals surface area contributed by atoms with Crippen LogP contribution in [0.5, 0.6) is 0 Å². The van der Waals surface area contributed by atoms with E-state index in [9.17, 15) is 4.79 Å². The third-order valence-electron chi connectivity index (χ3n) is 2.72. The number of nitrogens with zero attached hydrogens (tertiary/aromatic N) is 1. The lowest BCUT2D eigenvalue weighted by atomic mass is 9.96. The fourth-order valence-electron chi connectivity index (χ4n) is 2.02. The first-order valence-electron chi connectivity index (χ1n) is 6.01. The lowest BCUT2D eigenvalue weighted by molar-refractivity contribution is 0.0962. The first-order valence-corrected chi connectivity index (χ1v) is 6.01. The van der Waals surface area contributed by atoms with Crippen LogP contribution in [0.1, 0.15) is 54.9 Å². The van der Waals surface area contributed by atoms with Crippen LogP contribution in [-0.4, -0.2) is 10.8 Å². The summed E-state index contributed by atoms with van der Waals surface area (Å²) in [6.07, 6.45) is 2.91. The first-order chi connectivity index (χ1) is 7.52. The van der Waals surface area contributed by atoms with Gasteiger partial charge in [0.05, 0.1) is 0 Å². The molecule has 1 rings (SSSR count). The molecule has 0 aliphatic carbocycles. The van der Waals surface area contributed by atoms with Crippen molar-refractivity contribution >= 4 is 5.78 Å². The Morgan fingerprint density at radius 1 is 1.31 bits per heavy atom. The van der Waals surface area contributed by atoms with Gasteiger partial charge in [-0.2, -0.15) is 0 Å². The van der Waals surface area contributed by atoms with E-state index < -0.39 is 0 Å². The first kappa shape index (κ1) is 12.9. The number of aryl methyl sites for hydroxylation is 2. The van der Waals surface area contributed by atoms with Gasteiger partial charge in [0, 0.05) is 23.4 Å². The summed E-state index contributed by atoms with van der Waals surface area (Å²) in [7, 11) is 0. The van der Waals surface area contributed by atoms with Gasteiger partial charge in [0.15, 0.2) is 5.78 Å². The van der Waals surface area contributed by atoms with Gasteiger partial charge in [0.2, 0.25) is 0 Å². The summed E-state index contributed by atoms with van der Waals surface area (Å²) in [5, 5.41) is 0. The number of hydrogen-bond acceptors (Lipinski definition) is 2. The predicted octanol–water partition coefficient (Wildman–Crippen LogP) is 3.71. The van der Waals surface area contributed by atoms with Crippen molar-refractivity contribution in [3.05, 3.63) is 29.1 Å². The maximum Gasteiger partial charge on any atom is 0.163 e. The van der Waals surface area contributed by atoms with Crippen molar-refractivity contribution in [3.63, 3.8) is 0 Å². The van der Waals surface area contributed by atoms with Gasteiger partial charge in [-0.15, -0.1) is 0 Å². The van der Waals surface area contributed by atoms with Crippen LogP contribution < -0.4 is 0 Å². The number of Topliss-reactive ketones (excluding diaryl/α,β-unsaturated/α-hetero) is 1. The number of aromatic nitrogens is 1. The zero-order valence-electron chi connectivity index (χ0n) is 10.7. The molecule has 1 unspecified atom stereocenters. The second kappa shape index (κ2) is 5.78. The molecule has 88 valence electrons. The molecule has 16 heavy (non-hydrogen) atoms. The van der Waals surface area contributed by atoms with E-state index in [-0.39, 0.29) is 5.78 Å². The van der Waals surface area contributed by atoms with Gasteiger partial charge in [-0.1, -0.05) is 26.7 Å². The van der Waals surface area contributed by atoms with Crippen molar-refractivity contribution in [2.75, 3.05) is 0 Å². The van der Waals surface area contributed by atoms with Gasteiger partial charge in [0.1, 0.15) is 0 Å². The monoisotopic (exact) mass is 219 g/mol. The average molecular weight is 219 g/mol. The minimum absolute atomic E-state index is 0.245. The molecule has 0 aromatic carbocycles. The number of carbonyl (C=O) groups excluding carboxylic acids is 1. The van der Waals surface area contributed by atoms with E-state index in [1.165, 1.54) is 0 Å². The van der Waals surface area contributed by atoms with Crippen molar-refractivity contribution < 1.29 is 4.79 Å². The van der Waals surface area contributed by atoms with Crippen LogP contribution >= 0.6 is 0 Å². The molecule has 0 N–H and O–H groups in total. The van der Waals surface area contributed by atoms with E-state index in [4.69, 9.17) is 0 Å². The normalized spacial score (nSPS) is 12.5. The third-order valence-corrected chi connectivity index (χ3v) is 2.72. The SMILES string of the molecule is CCCC(C)CC(=O)c1cc(C)nc(C)c1. The highest BCUT2D eigenvalue weighted by Crippen LogP contribution is 2.15. The highest BCUT2D eigenvalue weighted by Gasteiger charge is 2.11. The van der Waals surface area contributed by atoms with Crippen molar-refractivity contribution in [2.45, 2.75) is 47.0 Å². The molecule has 1 aromatic rings. The van der Waals surface area contributed by atoms with Crippen molar-refractivity contribution in [1.82, 2.24) is 4.98 Å². The van der Waals surface area contributed by atoms with E-state index >= 15 is 0 Å². The van der Waals surface area contributed by atoms with E-state index in [1.54, 1.807) is 0 Å². The lowest BCUT2D eigenvalue weighted by Crippen LogP contribution is -2.07. The van der Waals surface area contributed by atoms with Crippen LogP contribution in [0.15, 0.2) is 12.1 Å². The van der Waals surface area contributed by atoms with E-state index in [2.05, 4.69) is 18.8 Å². The third kappa shape index (κ3) is 3.76. The molecule has 2 nitrogen and oxygen atoms in total. The summed E-state index contributed by atoms with van der Waals surface area (Å²) in [5.41, 5.74) is 2.66. The summed E-state index contributed by atoms with van der Waals surface area (Å²) < 4.78 is 0. The number of carbonyl (C=O) groups is 1. The molecule has 0 saturated carbocycles. The molecule has 2 heteroatoms. The summed E-state index contributed by atoms with van der Waals surface area (Å²) in [6.45, 7) is 8.16. The standard InChI is InChI=1S/C14H21NO/c1-5-6-10(2)7-14(16)13-8-11(3)15-12(4)9-13/h8-10H,5-7H2,1-4H3. The van der Waals surface area contributed by atoms with Crippen LogP contribution in [0.3, 0.4) is 0 Å². The van der Waals surface area contributed by atoms with Crippen molar-refractivity contribution in [2.24, 2.45) is 5.92 Å². The van der Waals surface area contributed by atoms with Crippen LogP contribution in [0.25, 0.3) is 0 Å². The quantitative estimate of drug-likeness (QED) is 0.707. The molecule has 1 atom stereocenters. The Labute approximate surface area is 98.1 Å².